The second kappa shape index (κ2) is 16.9. The average molecular weight is 566 g/mol. The maximum atomic E-state index is 12.8. The minimum Gasteiger partial charge on any atom is -0.492 e. The molecule has 1 unspecified atom stereocenters. The van der Waals surface area contributed by atoms with Crippen LogP contribution < -0.4 is 9.47 Å². The molecule has 0 aliphatic carbocycles. The summed E-state index contributed by atoms with van der Waals surface area (Å²) in [6.45, 7) is 6.30. The molecule has 0 bridgehead atoms. The number of hydrogen-bond acceptors (Lipinski definition) is 6. The van der Waals surface area contributed by atoms with Gasteiger partial charge >= 0.3 is 12.1 Å². The van der Waals surface area contributed by atoms with Crippen LogP contribution in [0.2, 0.25) is 0 Å². The molecular formula is C27H36BrNO7. The lowest BCUT2D eigenvalue weighted by Crippen LogP contribution is -2.39. The van der Waals surface area contributed by atoms with Gasteiger partial charge in [-0.2, -0.15) is 0 Å². The van der Waals surface area contributed by atoms with Gasteiger partial charge in [0.1, 0.15) is 18.1 Å². The van der Waals surface area contributed by atoms with E-state index >= 15 is 0 Å². The normalized spacial score (nSPS) is 11.6. The highest BCUT2D eigenvalue weighted by atomic mass is 79.9. The molecule has 1 atom stereocenters. The summed E-state index contributed by atoms with van der Waals surface area (Å²) in [7, 11) is 0. The third kappa shape index (κ3) is 11.4. The molecule has 2 aromatic rings. The van der Waals surface area contributed by atoms with Crippen LogP contribution in [0.5, 0.6) is 11.5 Å². The van der Waals surface area contributed by atoms with E-state index in [0.29, 0.717) is 44.4 Å². The van der Waals surface area contributed by atoms with Gasteiger partial charge in [0, 0.05) is 30.7 Å². The first kappa shape index (κ1) is 29.6. The predicted molar refractivity (Wildman–Crippen MR) is 141 cm³/mol. The molecule has 0 radical (unpaired) electrons. The summed E-state index contributed by atoms with van der Waals surface area (Å²) in [5.74, 6) is 0.0981. The molecule has 0 saturated heterocycles. The summed E-state index contributed by atoms with van der Waals surface area (Å²) in [6.07, 6.45) is 2.17. The highest BCUT2D eigenvalue weighted by Crippen LogP contribution is 2.18. The van der Waals surface area contributed by atoms with Crippen LogP contribution in [0.25, 0.3) is 0 Å². The van der Waals surface area contributed by atoms with Crippen molar-refractivity contribution in [3.05, 3.63) is 58.6 Å². The van der Waals surface area contributed by atoms with Gasteiger partial charge in [0.15, 0.2) is 6.10 Å². The zero-order valence-electron chi connectivity index (χ0n) is 21.0. The molecule has 2 aromatic carbocycles. The Bertz CT molecular complexity index is 905. The monoisotopic (exact) mass is 565 g/mol. The fourth-order valence-electron chi connectivity index (χ4n) is 3.32. The Morgan fingerprint density at radius 1 is 0.917 bits per heavy atom. The number of unbranched alkanes of at least 4 members (excludes halogenated alkanes) is 2. The number of hydrogen-bond donors (Lipinski definition) is 1. The van der Waals surface area contributed by atoms with E-state index in [1.807, 2.05) is 24.3 Å². The number of rotatable bonds is 17. The Balaban J connectivity index is 1.88. The molecule has 0 spiro atoms. The fraction of sp³-hybridized carbons (Fsp3) is 0.481. The van der Waals surface area contributed by atoms with E-state index in [0.717, 1.165) is 29.3 Å². The molecule has 0 aliphatic heterocycles. The Labute approximate surface area is 221 Å². The molecule has 2 rings (SSSR count). The summed E-state index contributed by atoms with van der Waals surface area (Å²) < 4.78 is 23.2. The second-order valence-corrected chi connectivity index (χ2v) is 9.02. The highest BCUT2D eigenvalue weighted by Gasteiger charge is 2.18. The molecule has 9 heteroatoms. The van der Waals surface area contributed by atoms with Crippen molar-refractivity contribution in [1.29, 1.82) is 0 Å². The van der Waals surface area contributed by atoms with Crippen LogP contribution in [0, 0.1) is 0 Å². The van der Waals surface area contributed by atoms with Gasteiger partial charge in [0.05, 0.1) is 13.2 Å². The first-order valence-corrected chi connectivity index (χ1v) is 13.1. The van der Waals surface area contributed by atoms with Crippen molar-refractivity contribution in [1.82, 2.24) is 4.90 Å². The Morgan fingerprint density at radius 2 is 1.58 bits per heavy atom. The minimum absolute atomic E-state index is 0.265. The third-order valence-electron chi connectivity index (χ3n) is 5.29. The van der Waals surface area contributed by atoms with Crippen LogP contribution in [-0.2, 0) is 20.7 Å². The largest absolute Gasteiger partial charge is 0.492 e. The van der Waals surface area contributed by atoms with Crippen molar-refractivity contribution in [2.75, 3.05) is 39.5 Å². The Hall–Kier alpha value is -2.62. The summed E-state index contributed by atoms with van der Waals surface area (Å²) in [6, 6.07) is 14.2. The third-order valence-corrected chi connectivity index (χ3v) is 5.82. The molecule has 198 valence electrons. The van der Waals surface area contributed by atoms with E-state index in [2.05, 4.69) is 22.9 Å². The Kier molecular flexibility index (Phi) is 13.9. The minimum atomic E-state index is -0.985. The van der Waals surface area contributed by atoms with Crippen molar-refractivity contribution < 1.29 is 33.6 Å². The van der Waals surface area contributed by atoms with E-state index in [1.165, 1.54) is 0 Å². The van der Waals surface area contributed by atoms with E-state index in [-0.39, 0.29) is 13.0 Å². The van der Waals surface area contributed by atoms with Crippen LogP contribution in [-0.4, -0.2) is 67.7 Å². The van der Waals surface area contributed by atoms with Crippen molar-refractivity contribution in [3.8, 4) is 11.5 Å². The molecule has 0 fully saturated rings. The van der Waals surface area contributed by atoms with E-state index in [1.54, 1.807) is 36.1 Å². The molecule has 1 amide bonds. The number of halogens is 1. The van der Waals surface area contributed by atoms with Gasteiger partial charge in [0.25, 0.3) is 0 Å². The summed E-state index contributed by atoms with van der Waals surface area (Å²) >= 11 is 3.37. The van der Waals surface area contributed by atoms with Gasteiger partial charge in [-0.05, 0) is 55.3 Å². The topological polar surface area (TPSA) is 94.5 Å². The van der Waals surface area contributed by atoms with Gasteiger partial charge in [-0.3, -0.25) is 0 Å². The smallest absolute Gasteiger partial charge is 0.415 e. The summed E-state index contributed by atoms with van der Waals surface area (Å²) in [5, 5.41) is 9.25. The van der Waals surface area contributed by atoms with Gasteiger partial charge in [-0.25, -0.2) is 9.59 Å². The summed E-state index contributed by atoms with van der Waals surface area (Å²) in [5.41, 5.74) is 0.836. The standard InChI is InChI=1S/C27H36BrNO7/c1-3-5-6-17-33-18-15-29(27(32)36-24-13-9-22(28)10-14-24)16-19-35-23-11-7-21(8-12-23)20-25(26(30)31)34-4-2/h7-14,25H,3-6,15-20H2,1-2H3,(H,30,31). The number of amides is 1. The number of carbonyl (C=O) groups is 2. The molecule has 0 aromatic heterocycles. The van der Waals surface area contributed by atoms with Crippen LogP contribution in [0.4, 0.5) is 4.79 Å². The lowest BCUT2D eigenvalue weighted by Gasteiger charge is -2.22. The lowest BCUT2D eigenvalue weighted by atomic mass is 10.1. The SMILES string of the molecule is CCCCCOCCN(CCOc1ccc(CC(OCC)C(=O)O)cc1)C(=O)Oc1ccc(Br)cc1. The van der Waals surface area contributed by atoms with Gasteiger partial charge < -0.3 is 29.0 Å². The summed E-state index contributed by atoms with van der Waals surface area (Å²) in [4.78, 5) is 25.6. The number of benzene rings is 2. The zero-order valence-corrected chi connectivity index (χ0v) is 22.6. The van der Waals surface area contributed by atoms with Crippen molar-refractivity contribution >= 4 is 28.0 Å². The van der Waals surface area contributed by atoms with Gasteiger partial charge in [0.2, 0.25) is 0 Å². The maximum absolute atomic E-state index is 12.8. The number of carbonyl (C=O) groups excluding carboxylic acids is 1. The quantitative estimate of drug-likeness (QED) is 0.250. The number of ether oxygens (including phenoxy) is 4. The van der Waals surface area contributed by atoms with E-state index < -0.39 is 18.2 Å². The first-order chi connectivity index (χ1) is 17.4. The molecule has 1 N–H and O–H groups in total. The van der Waals surface area contributed by atoms with Crippen LogP contribution >= 0.6 is 15.9 Å². The van der Waals surface area contributed by atoms with Crippen molar-refractivity contribution in [2.24, 2.45) is 0 Å². The number of aliphatic carboxylic acids is 1. The molecular weight excluding hydrogens is 530 g/mol. The van der Waals surface area contributed by atoms with E-state index in [4.69, 9.17) is 18.9 Å². The van der Waals surface area contributed by atoms with Crippen LogP contribution in [0.1, 0.15) is 38.7 Å². The molecule has 0 aliphatic rings. The molecule has 36 heavy (non-hydrogen) atoms. The maximum Gasteiger partial charge on any atom is 0.415 e. The highest BCUT2D eigenvalue weighted by molar-refractivity contribution is 9.10. The molecule has 0 heterocycles. The zero-order chi connectivity index (χ0) is 26.2. The predicted octanol–water partition coefficient (Wildman–Crippen LogP) is 5.57. The number of carboxylic acid groups (broad SMARTS) is 1. The average Bonchev–Trinajstić information content (AvgIpc) is 2.87. The number of nitrogens with zero attached hydrogens (tertiary/aromatic N) is 1. The fourth-order valence-corrected chi connectivity index (χ4v) is 3.59. The molecule has 8 nitrogen and oxygen atoms in total. The molecule has 0 saturated carbocycles. The van der Waals surface area contributed by atoms with Crippen molar-refractivity contribution in [2.45, 2.75) is 45.6 Å². The first-order valence-electron chi connectivity index (χ1n) is 12.3. The van der Waals surface area contributed by atoms with E-state index in [9.17, 15) is 14.7 Å². The van der Waals surface area contributed by atoms with Gasteiger partial charge in [-0.1, -0.05) is 47.8 Å². The van der Waals surface area contributed by atoms with Gasteiger partial charge in [-0.15, -0.1) is 0 Å². The van der Waals surface area contributed by atoms with Crippen LogP contribution in [0.15, 0.2) is 53.0 Å². The number of carboxylic acids is 1. The Morgan fingerprint density at radius 3 is 2.22 bits per heavy atom. The van der Waals surface area contributed by atoms with Crippen LogP contribution in [0.3, 0.4) is 0 Å². The second-order valence-electron chi connectivity index (χ2n) is 8.11. The van der Waals surface area contributed by atoms with Crippen molar-refractivity contribution in [3.63, 3.8) is 0 Å². The lowest BCUT2D eigenvalue weighted by molar-refractivity contribution is -0.149.